The lowest BCUT2D eigenvalue weighted by molar-refractivity contribution is -0.141. The highest BCUT2D eigenvalue weighted by Gasteiger charge is 2.52. The number of hydrogen-bond acceptors (Lipinski definition) is 8. The average molecular weight is 402 g/mol. The van der Waals surface area contributed by atoms with Gasteiger partial charge in [0.05, 0.1) is 40.0 Å². The third-order valence-corrected chi connectivity index (χ3v) is 5.80. The predicted molar refractivity (Wildman–Crippen MR) is 101 cm³/mol. The van der Waals surface area contributed by atoms with Crippen molar-refractivity contribution in [2.75, 3.05) is 27.9 Å². The zero-order valence-corrected chi connectivity index (χ0v) is 16.2. The molecule has 1 saturated heterocycles. The summed E-state index contributed by atoms with van der Waals surface area (Å²) in [7, 11) is 4.49. The van der Waals surface area contributed by atoms with Gasteiger partial charge in [0.2, 0.25) is 5.75 Å². The first-order valence-corrected chi connectivity index (χ1v) is 9.11. The maximum atomic E-state index is 12.6. The smallest absolute Gasteiger partial charge is 0.310 e. The Morgan fingerprint density at radius 1 is 0.931 bits per heavy atom. The normalized spacial score (nSPS) is 25.0. The van der Waals surface area contributed by atoms with E-state index < -0.39 is 29.8 Å². The van der Waals surface area contributed by atoms with E-state index >= 15 is 0 Å². The number of esters is 1. The van der Waals surface area contributed by atoms with Crippen molar-refractivity contribution in [1.82, 2.24) is 0 Å². The van der Waals surface area contributed by atoms with Crippen molar-refractivity contribution < 1.29 is 39.1 Å². The first-order valence-electron chi connectivity index (χ1n) is 9.11. The summed E-state index contributed by atoms with van der Waals surface area (Å²) in [5, 5.41) is 30.9. The minimum absolute atomic E-state index is 0.0761. The van der Waals surface area contributed by atoms with E-state index in [9.17, 15) is 20.1 Å². The van der Waals surface area contributed by atoms with Gasteiger partial charge in [0.25, 0.3) is 0 Å². The van der Waals surface area contributed by atoms with E-state index in [0.717, 1.165) is 0 Å². The van der Waals surface area contributed by atoms with E-state index in [1.165, 1.54) is 33.5 Å². The molecule has 8 heteroatoms. The first kappa shape index (κ1) is 19.2. The summed E-state index contributed by atoms with van der Waals surface area (Å²) < 4.78 is 21.5. The fraction of sp³-hybridized carbons (Fsp3) is 0.381. The molecule has 0 bridgehead atoms. The lowest BCUT2D eigenvalue weighted by atomic mass is 9.66. The van der Waals surface area contributed by atoms with E-state index in [1.54, 1.807) is 12.1 Å². The largest absolute Gasteiger partial charge is 0.504 e. The second kappa shape index (κ2) is 7.04. The van der Waals surface area contributed by atoms with Crippen LogP contribution in [0, 0.1) is 11.8 Å². The highest BCUT2D eigenvalue weighted by molar-refractivity contribution is 5.79. The molecule has 2 aromatic rings. The summed E-state index contributed by atoms with van der Waals surface area (Å²) in [4.78, 5) is 12.6. The Morgan fingerprint density at radius 3 is 2.07 bits per heavy atom. The van der Waals surface area contributed by atoms with E-state index in [-0.39, 0.29) is 18.1 Å². The van der Waals surface area contributed by atoms with E-state index in [4.69, 9.17) is 18.9 Å². The molecular weight excluding hydrogens is 380 g/mol. The Hall–Kier alpha value is -3.13. The van der Waals surface area contributed by atoms with Gasteiger partial charge in [-0.1, -0.05) is 0 Å². The van der Waals surface area contributed by atoms with Gasteiger partial charge in [0, 0.05) is 11.8 Å². The van der Waals surface area contributed by atoms with E-state index in [2.05, 4.69) is 0 Å². The van der Waals surface area contributed by atoms with Crippen molar-refractivity contribution in [1.29, 1.82) is 0 Å². The van der Waals surface area contributed by atoms with Gasteiger partial charge in [-0.15, -0.1) is 0 Å². The van der Waals surface area contributed by atoms with Crippen LogP contribution in [0.5, 0.6) is 28.7 Å². The molecular formula is C21H22O8. The number of phenolic OH excluding ortho intramolecular Hbond substituents is 2. The monoisotopic (exact) mass is 402 g/mol. The molecule has 0 aromatic heterocycles. The highest BCUT2D eigenvalue weighted by atomic mass is 16.5. The Morgan fingerprint density at radius 2 is 1.52 bits per heavy atom. The Bertz CT molecular complexity index is 944. The van der Waals surface area contributed by atoms with Gasteiger partial charge in [-0.2, -0.15) is 0 Å². The van der Waals surface area contributed by atoms with Gasteiger partial charge < -0.3 is 34.3 Å². The van der Waals surface area contributed by atoms with Gasteiger partial charge >= 0.3 is 5.97 Å². The minimum atomic E-state index is -1.01. The number of benzene rings is 2. The number of aromatic hydroxyl groups is 2. The lowest BCUT2D eigenvalue weighted by Crippen LogP contribution is -2.34. The highest BCUT2D eigenvalue weighted by Crippen LogP contribution is 2.54. The number of hydrogen-bond donors (Lipinski definition) is 3. The van der Waals surface area contributed by atoms with Gasteiger partial charge in [-0.3, -0.25) is 4.79 Å². The average Bonchev–Trinajstić information content (AvgIpc) is 3.10. The van der Waals surface area contributed by atoms with Crippen LogP contribution in [-0.4, -0.2) is 49.2 Å². The molecule has 154 valence electrons. The Kier molecular flexibility index (Phi) is 4.66. The van der Waals surface area contributed by atoms with Crippen LogP contribution in [0.1, 0.15) is 28.7 Å². The molecule has 1 aliphatic heterocycles. The quantitative estimate of drug-likeness (QED) is 0.526. The first-order chi connectivity index (χ1) is 13.9. The molecule has 0 radical (unpaired) electrons. The van der Waals surface area contributed by atoms with Crippen molar-refractivity contribution >= 4 is 5.97 Å². The maximum absolute atomic E-state index is 12.6. The predicted octanol–water partition coefficient (Wildman–Crippen LogP) is 2.09. The van der Waals surface area contributed by atoms with Crippen LogP contribution in [0.25, 0.3) is 0 Å². The molecule has 0 saturated carbocycles. The van der Waals surface area contributed by atoms with Crippen molar-refractivity contribution in [3.8, 4) is 28.7 Å². The van der Waals surface area contributed by atoms with Crippen molar-refractivity contribution in [2.24, 2.45) is 11.8 Å². The second-order valence-corrected chi connectivity index (χ2v) is 7.17. The van der Waals surface area contributed by atoms with Crippen LogP contribution in [0.3, 0.4) is 0 Å². The molecule has 1 fully saturated rings. The van der Waals surface area contributed by atoms with Crippen LogP contribution in [0.4, 0.5) is 0 Å². The molecule has 0 amide bonds. The summed E-state index contributed by atoms with van der Waals surface area (Å²) in [5.41, 5.74) is 1.65. The third kappa shape index (κ3) is 2.82. The SMILES string of the molecule is COc1cc([C@@H]2c3cc(O)c(O)cc3[C@@H](O)[C@H]3COC(=O)[C@H]23)cc(OC)c1OC. The summed E-state index contributed by atoms with van der Waals surface area (Å²) in [6.45, 7) is 0.0761. The van der Waals surface area contributed by atoms with Crippen molar-refractivity contribution in [2.45, 2.75) is 12.0 Å². The van der Waals surface area contributed by atoms with Crippen LogP contribution >= 0.6 is 0 Å². The zero-order chi connectivity index (χ0) is 20.9. The Balaban J connectivity index is 1.97. The van der Waals surface area contributed by atoms with Gasteiger partial charge in [-0.25, -0.2) is 0 Å². The van der Waals surface area contributed by atoms with Crippen LogP contribution in [0.2, 0.25) is 0 Å². The molecule has 3 N–H and O–H groups in total. The molecule has 29 heavy (non-hydrogen) atoms. The van der Waals surface area contributed by atoms with Crippen molar-refractivity contribution in [3.63, 3.8) is 0 Å². The summed E-state index contributed by atoms with van der Waals surface area (Å²) >= 11 is 0. The van der Waals surface area contributed by atoms with Gasteiger partial charge in [-0.05, 0) is 41.0 Å². The third-order valence-electron chi connectivity index (χ3n) is 5.80. The zero-order valence-electron chi connectivity index (χ0n) is 16.2. The van der Waals surface area contributed by atoms with Crippen LogP contribution in [0.15, 0.2) is 24.3 Å². The summed E-state index contributed by atoms with van der Waals surface area (Å²) in [5.74, 6) is -1.55. The van der Waals surface area contributed by atoms with Crippen LogP contribution in [-0.2, 0) is 9.53 Å². The molecule has 2 aromatic carbocycles. The molecule has 0 spiro atoms. The molecule has 2 aliphatic rings. The number of rotatable bonds is 4. The number of methoxy groups -OCH3 is 3. The molecule has 8 nitrogen and oxygen atoms in total. The minimum Gasteiger partial charge on any atom is -0.504 e. The standard InChI is InChI=1S/C21H22O8/c1-26-15-4-9(5-16(27-2)20(15)28-3)17-10-6-13(22)14(23)7-11(10)19(24)12-8-29-21(25)18(12)17/h4-7,12,17-19,22-24H,8H2,1-3H3/t12-,17+,18-,19+/m0/s1. The fourth-order valence-corrected chi connectivity index (χ4v) is 4.45. The number of aliphatic hydroxyl groups is 1. The van der Waals surface area contributed by atoms with Gasteiger partial charge in [0.1, 0.15) is 0 Å². The summed E-state index contributed by atoms with van der Waals surface area (Å²) in [6, 6.07) is 6.18. The number of phenols is 2. The molecule has 4 atom stereocenters. The fourth-order valence-electron chi connectivity index (χ4n) is 4.45. The van der Waals surface area contributed by atoms with E-state index in [1.807, 2.05) is 0 Å². The lowest BCUT2D eigenvalue weighted by Gasteiger charge is -2.37. The second-order valence-electron chi connectivity index (χ2n) is 7.17. The number of cyclic esters (lactones) is 1. The number of carbonyl (C=O) groups is 1. The summed E-state index contributed by atoms with van der Waals surface area (Å²) in [6.07, 6.45) is -1.01. The molecule has 1 aliphatic carbocycles. The topological polar surface area (TPSA) is 115 Å². The molecule has 1 heterocycles. The van der Waals surface area contributed by atoms with E-state index in [0.29, 0.717) is 33.9 Å². The number of fused-ring (bicyclic) bond motifs is 2. The number of aliphatic hydroxyl groups excluding tert-OH is 1. The number of carbonyl (C=O) groups excluding carboxylic acids is 1. The molecule has 4 rings (SSSR count). The maximum Gasteiger partial charge on any atom is 0.310 e. The van der Waals surface area contributed by atoms with Crippen molar-refractivity contribution in [3.05, 3.63) is 41.0 Å². The Labute approximate surface area is 167 Å². The van der Waals surface area contributed by atoms with Crippen LogP contribution < -0.4 is 14.2 Å². The van der Waals surface area contributed by atoms with Gasteiger partial charge in [0.15, 0.2) is 23.0 Å². The molecule has 0 unspecified atom stereocenters. The number of ether oxygens (including phenoxy) is 4.